The molecule has 0 spiro atoms. The molecule has 1 aromatic rings. The summed E-state index contributed by atoms with van der Waals surface area (Å²) < 4.78 is 0.838. The fraction of sp³-hybridized carbons (Fsp3) is 0.667. The number of piperazine rings is 1. The van der Waals surface area contributed by atoms with Crippen LogP contribution in [0.15, 0.2) is 12.1 Å². The molecule has 1 saturated carbocycles. The molecule has 1 aliphatic heterocycles. The second-order valence-corrected chi connectivity index (χ2v) is 7.94. The van der Waals surface area contributed by atoms with E-state index < -0.39 is 5.54 Å². The molecule has 8 heteroatoms. The fourth-order valence-electron chi connectivity index (χ4n) is 3.30. The highest BCUT2D eigenvalue weighted by molar-refractivity contribution is 7.16. The van der Waals surface area contributed by atoms with Gasteiger partial charge in [-0.25, -0.2) is 0 Å². The second kappa shape index (κ2) is 8.88. The number of rotatable bonds is 3. The Morgan fingerprint density at radius 2 is 1.78 bits per heavy atom. The summed E-state index contributed by atoms with van der Waals surface area (Å²) in [5, 5.41) is 0. The predicted octanol–water partition coefficient (Wildman–Crippen LogP) is 3.16. The van der Waals surface area contributed by atoms with Crippen molar-refractivity contribution in [2.45, 2.75) is 37.8 Å². The number of nitrogens with two attached hydrogens (primary N) is 1. The minimum atomic E-state index is -0.580. The summed E-state index contributed by atoms with van der Waals surface area (Å²) in [5.74, 6) is 0.166. The number of halogens is 3. The summed E-state index contributed by atoms with van der Waals surface area (Å²) >= 11 is 7.60. The van der Waals surface area contributed by atoms with Gasteiger partial charge in [0, 0.05) is 37.6 Å². The van der Waals surface area contributed by atoms with Gasteiger partial charge in [-0.05, 0) is 25.0 Å². The highest BCUT2D eigenvalue weighted by atomic mass is 35.5. The van der Waals surface area contributed by atoms with Crippen molar-refractivity contribution >= 4 is 53.7 Å². The number of hydrogen-bond acceptors (Lipinski definition) is 4. The Bertz CT molecular complexity index is 512. The lowest BCUT2D eigenvalue weighted by Crippen LogP contribution is -2.58. The Morgan fingerprint density at radius 1 is 1.17 bits per heavy atom. The molecule has 4 nitrogen and oxygen atoms in total. The Labute approximate surface area is 159 Å². The number of hydrogen-bond donors (Lipinski definition) is 1. The third-order valence-corrected chi connectivity index (χ3v) is 5.81. The highest BCUT2D eigenvalue weighted by Gasteiger charge is 2.40. The van der Waals surface area contributed by atoms with E-state index in [-0.39, 0.29) is 30.7 Å². The zero-order chi connectivity index (χ0) is 14.9. The van der Waals surface area contributed by atoms with Gasteiger partial charge in [-0.2, -0.15) is 0 Å². The van der Waals surface area contributed by atoms with E-state index in [0.717, 1.165) is 62.7 Å². The van der Waals surface area contributed by atoms with Crippen LogP contribution < -0.4 is 5.73 Å². The van der Waals surface area contributed by atoms with Crippen LogP contribution in [0.5, 0.6) is 0 Å². The summed E-state index contributed by atoms with van der Waals surface area (Å²) in [6, 6.07) is 4.03. The molecule has 23 heavy (non-hydrogen) atoms. The zero-order valence-corrected chi connectivity index (χ0v) is 16.2. The van der Waals surface area contributed by atoms with Gasteiger partial charge in [0.1, 0.15) is 0 Å². The molecule has 132 valence electrons. The average Bonchev–Trinajstić information content (AvgIpc) is 3.09. The molecule has 1 saturated heterocycles. The average molecular weight is 401 g/mol. The summed E-state index contributed by atoms with van der Waals surface area (Å²) in [5.41, 5.74) is 5.70. The third-order valence-electron chi connectivity index (χ3n) is 4.59. The Morgan fingerprint density at radius 3 is 2.30 bits per heavy atom. The van der Waals surface area contributed by atoms with E-state index in [1.165, 1.54) is 4.88 Å². The van der Waals surface area contributed by atoms with Crippen molar-refractivity contribution in [3.8, 4) is 0 Å². The number of thiophene rings is 1. The van der Waals surface area contributed by atoms with E-state index >= 15 is 0 Å². The van der Waals surface area contributed by atoms with E-state index in [1.807, 2.05) is 11.0 Å². The monoisotopic (exact) mass is 399 g/mol. The van der Waals surface area contributed by atoms with Crippen molar-refractivity contribution < 1.29 is 4.79 Å². The van der Waals surface area contributed by atoms with Crippen molar-refractivity contribution in [2.75, 3.05) is 26.2 Å². The van der Waals surface area contributed by atoms with Crippen LogP contribution in [0.3, 0.4) is 0 Å². The molecule has 1 aromatic heterocycles. The van der Waals surface area contributed by atoms with Crippen LogP contribution in [0.25, 0.3) is 0 Å². The lowest BCUT2D eigenvalue weighted by Gasteiger charge is -2.38. The van der Waals surface area contributed by atoms with E-state index in [2.05, 4.69) is 11.0 Å². The largest absolute Gasteiger partial charge is 0.339 e. The van der Waals surface area contributed by atoms with Crippen molar-refractivity contribution in [1.82, 2.24) is 9.80 Å². The molecule has 0 radical (unpaired) electrons. The second-order valence-electron chi connectivity index (χ2n) is 6.14. The van der Waals surface area contributed by atoms with Gasteiger partial charge in [-0.1, -0.05) is 24.4 Å². The Balaban J connectivity index is 0.00000132. The van der Waals surface area contributed by atoms with Crippen molar-refractivity contribution in [3.63, 3.8) is 0 Å². The van der Waals surface area contributed by atoms with Gasteiger partial charge in [-0.15, -0.1) is 36.2 Å². The Hall–Kier alpha value is -0.0400. The van der Waals surface area contributed by atoms with Gasteiger partial charge in [0.25, 0.3) is 0 Å². The first-order chi connectivity index (χ1) is 10.1. The van der Waals surface area contributed by atoms with Crippen LogP contribution >= 0.6 is 47.8 Å². The number of amides is 1. The molecule has 1 amide bonds. The smallest absolute Gasteiger partial charge is 0.242 e. The quantitative estimate of drug-likeness (QED) is 0.848. The molecule has 0 bridgehead atoms. The standard InChI is InChI=1S/C15H22ClN3OS.2ClH/c16-13-4-3-12(21-13)11-18-7-9-19(10-8-18)14(20)15(17)5-1-2-6-15;;/h3-4H,1-2,5-11,17H2;2*1H. The van der Waals surface area contributed by atoms with Gasteiger partial charge in [-0.3, -0.25) is 9.69 Å². The zero-order valence-electron chi connectivity index (χ0n) is 13.0. The number of carbonyl (C=O) groups is 1. The van der Waals surface area contributed by atoms with Crippen LogP contribution in [0.4, 0.5) is 0 Å². The van der Waals surface area contributed by atoms with E-state index in [0.29, 0.717) is 0 Å². The van der Waals surface area contributed by atoms with Crippen molar-refractivity contribution in [1.29, 1.82) is 0 Å². The first kappa shape index (κ1) is 21.0. The minimum absolute atomic E-state index is 0. The van der Waals surface area contributed by atoms with Crippen LogP contribution in [-0.2, 0) is 11.3 Å². The molecule has 2 heterocycles. The lowest BCUT2D eigenvalue weighted by molar-refractivity contribution is -0.138. The minimum Gasteiger partial charge on any atom is -0.339 e. The summed E-state index contributed by atoms with van der Waals surface area (Å²) in [6.45, 7) is 4.33. The third kappa shape index (κ3) is 4.97. The number of nitrogens with zero attached hydrogens (tertiary/aromatic N) is 2. The summed E-state index contributed by atoms with van der Waals surface area (Å²) in [7, 11) is 0. The van der Waals surface area contributed by atoms with E-state index in [9.17, 15) is 4.79 Å². The molecular formula is C15H24Cl3N3OS. The van der Waals surface area contributed by atoms with Crippen LogP contribution in [-0.4, -0.2) is 47.4 Å². The van der Waals surface area contributed by atoms with E-state index in [1.54, 1.807) is 11.3 Å². The van der Waals surface area contributed by atoms with Gasteiger partial charge in [0.15, 0.2) is 0 Å². The molecule has 2 fully saturated rings. The molecule has 0 unspecified atom stereocenters. The van der Waals surface area contributed by atoms with Gasteiger partial charge >= 0.3 is 0 Å². The first-order valence-electron chi connectivity index (χ1n) is 7.62. The number of carbonyl (C=O) groups excluding carboxylic acids is 1. The molecule has 2 aliphatic rings. The predicted molar refractivity (Wildman–Crippen MR) is 101 cm³/mol. The van der Waals surface area contributed by atoms with Crippen LogP contribution in [0.1, 0.15) is 30.6 Å². The molecular weight excluding hydrogens is 377 g/mol. The maximum atomic E-state index is 12.6. The topological polar surface area (TPSA) is 49.6 Å². The fourth-order valence-corrected chi connectivity index (χ4v) is 4.43. The first-order valence-corrected chi connectivity index (χ1v) is 8.81. The lowest BCUT2D eigenvalue weighted by atomic mass is 9.97. The molecule has 0 atom stereocenters. The summed E-state index contributed by atoms with van der Waals surface area (Å²) in [4.78, 5) is 18.2. The van der Waals surface area contributed by atoms with Crippen LogP contribution in [0, 0.1) is 0 Å². The van der Waals surface area contributed by atoms with E-state index in [4.69, 9.17) is 17.3 Å². The molecule has 3 rings (SSSR count). The maximum absolute atomic E-state index is 12.6. The molecule has 1 aliphatic carbocycles. The van der Waals surface area contributed by atoms with Gasteiger partial charge < -0.3 is 10.6 Å². The van der Waals surface area contributed by atoms with Crippen molar-refractivity contribution in [3.05, 3.63) is 21.3 Å². The van der Waals surface area contributed by atoms with Gasteiger partial charge in [0.2, 0.25) is 5.91 Å². The van der Waals surface area contributed by atoms with Gasteiger partial charge in [0.05, 0.1) is 9.88 Å². The SMILES string of the molecule is Cl.Cl.NC1(C(=O)N2CCN(Cc3ccc(Cl)s3)CC2)CCCC1. The normalized spacial score (nSPS) is 20.7. The molecule has 2 N–H and O–H groups in total. The maximum Gasteiger partial charge on any atom is 0.242 e. The van der Waals surface area contributed by atoms with Crippen LogP contribution in [0.2, 0.25) is 4.34 Å². The summed E-state index contributed by atoms with van der Waals surface area (Å²) in [6.07, 6.45) is 3.86. The highest BCUT2D eigenvalue weighted by Crippen LogP contribution is 2.29. The molecule has 0 aromatic carbocycles. The Kier molecular flexibility index (Phi) is 8.11. The van der Waals surface area contributed by atoms with Crippen molar-refractivity contribution in [2.24, 2.45) is 5.73 Å².